The molecule has 3 atom stereocenters. The first kappa shape index (κ1) is 15.7. The van der Waals surface area contributed by atoms with E-state index < -0.39 is 11.9 Å². The molecule has 21 heavy (non-hydrogen) atoms. The Morgan fingerprint density at radius 3 is 2.33 bits per heavy atom. The summed E-state index contributed by atoms with van der Waals surface area (Å²) < 4.78 is 0. The molecular weight excluding hydrogens is 264 g/mol. The fourth-order valence-electron chi connectivity index (χ4n) is 3.29. The lowest BCUT2D eigenvalue weighted by Crippen LogP contribution is -2.25. The van der Waals surface area contributed by atoms with Crippen molar-refractivity contribution in [3.05, 3.63) is 35.4 Å². The predicted molar refractivity (Wildman–Crippen MR) is 82.4 cm³/mol. The average Bonchev–Trinajstić information content (AvgIpc) is 2.87. The van der Waals surface area contributed by atoms with Gasteiger partial charge in [0.25, 0.3) is 0 Å². The Hall–Kier alpha value is -1.64. The average molecular weight is 288 g/mol. The molecule has 114 valence electrons. The number of carboxylic acids is 1. The van der Waals surface area contributed by atoms with Crippen LogP contribution in [0, 0.1) is 17.8 Å². The van der Waals surface area contributed by atoms with Crippen molar-refractivity contribution in [1.82, 2.24) is 0 Å². The number of carboxylic acid groups (broad SMARTS) is 1. The molecule has 1 aromatic rings. The van der Waals surface area contributed by atoms with Crippen LogP contribution in [0.15, 0.2) is 24.3 Å². The van der Waals surface area contributed by atoms with Gasteiger partial charge in [-0.15, -0.1) is 0 Å². The lowest BCUT2D eigenvalue weighted by molar-refractivity contribution is -0.142. The van der Waals surface area contributed by atoms with E-state index in [2.05, 4.69) is 6.92 Å². The minimum Gasteiger partial charge on any atom is -0.481 e. The van der Waals surface area contributed by atoms with Crippen LogP contribution in [-0.4, -0.2) is 16.9 Å². The van der Waals surface area contributed by atoms with Crippen LogP contribution in [0.25, 0.3) is 0 Å². The number of benzene rings is 1. The molecule has 1 aliphatic carbocycles. The molecule has 3 heteroatoms. The molecular formula is C18H24O3. The van der Waals surface area contributed by atoms with Crippen molar-refractivity contribution in [2.24, 2.45) is 17.8 Å². The van der Waals surface area contributed by atoms with Gasteiger partial charge >= 0.3 is 5.97 Å². The Morgan fingerprint density at radius 1 is 1.14 bits per heavy atom. The topological polar surface area (TPSA) is 54.4 Å². The van der Waals surface area contributed by atoms with Crippen LogP contribution in [0.1, 0.15) is 55.5 Å². The van der Waals surface area contributed by atoms with Crippen LogP contribution in [0.5, 0.6) is 0 Å². The number of rotatable bonds is 6. The first-order valence-electron chi connectivity index (χ1n) is 7.88. The monoisotopic (exact) mass is 288 g/mol. The normalized spacial score (nSPS) is 25.0. The molecule has 2 rings (SSSR count). The summed E-state index contributed by atoms with van der Waals surface area (Å²) >= 11 is 0. The molecule has 0 heterocycles. The highest BCUT2D eigenvalue weighted by atomic mass is 16.4. The second kappa shape index (κ2) is 6.88. The minimum absolute atomic E-state index is 0.00575. The molecule has 1 saturated carbocycles. The van der Waals surface area contributed by atoms with E-state index in [1.165, 1.54) is 5.56 Å². The first-order chi connectivity index (χ1) is 10.0. The molecule has 0 saturated heterocycles. The molecule has 3 nitrogen and oxygen atoms in total. The fourth-order valence-corrected chi connectivity index (χ4v) is 3.29. The molecule has 1 aliphatic rings. The molecule has 0 amide bonds. The number of hydrogen-bond acceptors (Lipinski definition) is 2. The zero-order chi connectivity index (χ0) is 15.4. The van der Waals surface area contributed by atoms with E-state index in [0.29, 0.717) is 24.3 Å². The maximum Gasteiger partial charge on any atom is 0.307 e. The van der Waals surface area contributed by atoms with E-state index >= 15 is 0 Å². The predicted octanol–water partition coefficient (Wildman–Crippen LogP) is 3.96. The number of aliphatic carboxylic acids is 1. The van der Waals surface area contributed by atoms with Crippen molar-refractivity contribution >= 4 is 11.8 Å². The van der Waals surface area contributed by atoms with Gasteiger partial charge in [-0.2, -0.15) is 0 Å². The lowest BCUT2D eigenvalue weighted by Gasteiger charge is -2.14. The highest BCUT2D eigenvalue weighted by Crippen LogP contribution is 2.38. The van der Waals surface area contributed by atoms with Gasteiger partial charge in [-0.05, 0) is 37.2 Å². The van der Waals surface area contributed by atoms with Gasteiger partial charge in [-0.1, -0.05) is 44.5 Å². The standard InChI is InChI=1S/C18H24O3/c1-3-4-5-13-6-8-14(9-7-13)17(19)15-10-12(2)11-16(15)18(20)21/h6-9,12,15-16H,3-5,10-11H2,1-2H3,(H,20,21). The minimum atomic E-state index is -0.836. The van der Waals surface area contributed by atoms with E-state index in [4.69, 9.17) is 0 Å². The summed E-state index contributed by atoms with van der Waals surface area (Å²) in [5.74, 6) is -1.42. The molecule has 1 fully saturated rings. The van der Waals surface area contributed by atoms with E-state index in [0.717, 1.165) is 19.3 Å². The van der Waals surface area contributed by atoms with Crippen LogP contribution in [0.4, 0.5) is 0 Å². The second-order valence-electron chi connectivity index (χ2n) is 6.29. The summed E-state index contributed by atoms with van der Waals surface area (Å²) in [5, 5.41) is 9.29. The van der Waals surface area contributed by atoms with Crippen molar-refractivity contribution in [2.75, 3.05) is 0 Å². The van der Waals surface area contributed by atoms with Crippen molar-refractivity contribution in [3.8, 4) is 0 Å². The summed E-state index contributed by atoms with van der Waals surface area (Å²) in [4.78, 5) is 23.9. The highest BCUT2D eigenvalue weighted by Gasteiger charge is 2.41. The Labute approximate surface area is 126 Å². The summed E-state index contributed by atoms with van der Waals surface area (Å²) in [5.41, 5.74) is 1.89. The SMILES string of the molecule is CCCCc1ccc(C(=O)C2CC(C)CC2C(=O)O)cc1. The third-order valence-electron chi connectivity index (χ3n) is 4.51. The Morgan fingerprint density at radius 2 is 1.76 bits per heavy atom. The van der Waals surface area contributed by atoms with Gasteiger partial charge in [0, 0.05) is 11.5 Å². The van der Waals surface area contributed by atoms with Crippen LogP contribution < -0.4 is 0 Å². The van der Waals surface area contributed by atoms with Gasteiger partial charge in [0.1, 0.15) is 0 Å². The number of carbonyl (C=O) groups is 2. The lowest BCUT2D eigenvalue weighted by atomic mass is 9.88. The van der Waals surface area contributed by atoms with E-state index in [1.807, 2.05) is 31.2 Å². The van der Waals surface area contributed by atoms with Crippen LogP contribution in [0.2, 0.25) is 0 Å². The molecule has 0 spiro atoms. The molecule has 0 radical (unpaired) electrons. The van der Waals surface area contributed by atoms with Crippen molar-refractivity contribution in [1.29, 1.82) is 0 Å². The van der Waals surface area contributed by atoms with Crippen molar-refractivity contribution in [3.63, 3.8) is 0 Å². The van der Waals surface area contributed by atoms with Gasteiger partial charge in [0.15, 0.2) is 5.78 Å². The number of ketones is 1. The largest absolute Gasteiger partial charge is 0.481 e. The maximum absolute atomic E-state index is 12.6. The molecule has 1 aromatic carbocycles. The summed E-state index contributed by atoms with van der Waals surface area (Å²) in [7, 11) is 0. The molecule has 1 N–H and O–H groups in total. The molecule has 0 aliphatic heterocycles. The van der Waals surface area contributed by atoms with Crippen molar-refractivity contribution in [2.45, 2.75) is 46.0 Å². The number of aryl methyl sites for hydroxylation is 1. The van der Waals surface area contributed by atoms with Gasteiger partial charge in [0.2, 0.25) is 0 Å². The zero-order valence-electron chi connectivity index (χ0n) is 12.8. The summed E-state index contributed by atoms with van der Waals surface area (Å²) in [6.45, 7) is 4.18. The van der Waals surface area contributed by atoms with E-state index in [1.54, 1.807) is 0 Å². The highest BCUT2D eigenvalue weighted by molar-refractivity contribution is 6.00. The molecule has 3 unspecified atom stereocenters. The summed E-state index contributed by atoms with van der Waals surface area (Å²) in [6, 6.07) is 7.71. The quantitative estimate of drug-likeness (QED) is 0.806. The van der Waals surface area contributed by atoms with Crippen LogP contribution in [-0.2, 0) is 11.2 Å². The van der Waals surface area contributed by atoms with Gasteiger partial charge in [-0.3, -0.25) is 9.59 Å². The number of unbranched alkanes of at least 4 members (excludes halogenated alkanes) is 1. The maximum atomic E-state index is 12.6. The molecule has 0 aromatic heterocycles. The van der Waals surface area contributed by atoms with Crippen molar-refractivity contribution < 1.29 is 14.7 Å². The van der Waals surface area contributed by atoms with E-state index in [-0.39, 0.29) is 11.7 Å². The second-order valence-corrected chi connectivity index (χ2v) is 6.29. The first-order valence-corrected chi connectivity index (χ1v) is 7.88. The van der Waals surface area contributed by atoms with E-state index in [9.17, 15) is 14.7 Å². The smallest absolute Gasteiger partial charge is 0.307 e. The fraction of sp³-hybridized carbons (Fsp3) is 0.556. The third kappa shape index (κ3) is 3.72. The third-order valence-corrected chi connectivity index (χ3v) is 4.51. The zero-order valence-corrected chi connectivity index (χ0v) is 12.8. The number of Topliss-reactive ketones (excluding diaryl/α,β-unsaturated/α-hetero) is 1. The number of hydrogen-bond donors (Lipinski definition) is 1. The summed E-state index contributed by atoms with van der Waals surface area (Å²) in [6.07, 6.45) is 4.63. The van der Waals surface area contributed by atoms with Crippen LogP contribution in [0.3, 0.4) is 0 Å². The Bertz CT molecular complexity index is 504. The molecule has 0 bridgehead atoms. The Kier molecular flexibility index (Phi) is 5.16. The van der Waals surface area contributed by atoms with Gasteiger partial charge in [0.05, 0.1) is 5.92 Å². The number of carbonyl (C=O) groups excluding carboxylic acids is 1. The van der Waals surface area contributed by atoms with Gasteiger partial charge in [-0.25, -0.2) is 0 Å². The van der Waals surface area contributed by atoms with Gasteiger partial charge < -0.3 is 5.11 Å². The Balaban J connectivity index is 2.10. The van der Waals surface area contributed by atoms with Crippen LogP contribution >= 0.6 is 0 Å².